The molecule has 1 spiro atoms. The maximum absolute atomic E-state index is 14.0. The summed E-state index contributed by atoms with van der Waals surface area (Å²) < 4.78 is 7.64. The Morgan fingerprint density at radius 1 is 1.00 bits per heavy atom. The van der Waals surface area contributed by atoms with Gasteiger partial charge < -0.3 is 14.5 Å². The van der Waals surface area contributed by atoms with E-state index in [4.69, 9.17) is 14.7 Å². The number of rotatable bonds is 5. The van der Waals surface area contributed by atoms with Crippen LogP contribution in [0.3, 0.4) is 0 Å². The summed E-state index contributed by atoms with van der Waals surface area (Å²) in [4.78, 5) is 49.8. The summed E-state index contributed by atoms with van der Waals surface area (Å²) in [5.74, 6) is 2.58. The first-order chi connectivity index (χ1) is 23.2. The van der Waals surface area contributed by atoms with Gasteiger partial charge in [0.1, 0.15) is 17.8 Å². The van der Waals surface area contributed by atoms with E-state index in [0.29, 0.717) is 50.9 Å². The molecule has 8 rings (SSSR count). The maximum Gasteiger partial charge on any atom is 0.237 e. The van der Waals surface area contributed by atoms with Gasteiger partial charge in [0.2, 0.25) is 11.8 Å². The Kier molecular flexibility index (Phi) is 7.87. The zero-order valence-corrected chi connectivity index (χ0v) is 28.0. The summed E-state index contributed by atoms with van der Waals surface area (Å²) in [6.07, 6.45) is 6.48. The third-order valence-electron chi connectivity index (χ3n) is 10.6. The third-order valence-corrected chi connectivity index (χ3v) is 10.6. The average molecular weight is 650 g/mol. The lowest BCUT2D eigenvalue weighted by molar-refractivity contribution is -0.132. The molecular weight excluding hydrogens is 606 g/mol. The number of aryl methyl sites for hydroxylation is 1. The summed E-state index contributed by atoms with van der Waals surface area (Å²) >= 11 is 0. The predicted molar refractivity (Wildman–Crippen MR) is 182 cm³/mol. The predicted octanol–water partition coefficient (Wildman–Crippen LogP) is 2.99. The monoisotopic (exact) mass is 649 g/mol. The number of benzene rings is 1. The minimum Gasteiger partial charge on any atom is -0.372 e. The smallest absolute Gasteiger partial charge is 0.237 e. The van der Waals surface area contributed by atoms with E-state index in [1.54, 1.807) is 11.0 Å². The first-order valence-corrected chi connectivity index (χ1v) is 17.2. The Morgan fingerprint density at radius 3 is 2.50 bits per heavy atom. The van der Waals surface area contributed by atoms with E-state index < -0.39 is 5.41 Å². The number of aliphatic imine (C=N–C) groups is 1. The molecule has 5 aliphatic heterocycles. The van der Waals surface area contributed by atoms with E-state index in [2.05, 4.69) is 70.1 Å². The van der Waals surface area contributed by atoms with Crippen molar-refractivity contribution in [1.29, 1.82) is 0 Å². The Morgan fingerprint density at radius 2 is 1.77 bits per heavy atom. The van der Waals surface area contributed by atoms with Crippen molar-refractivity contribution in [2.24, 2.45) is 17.5 Å². The van der Waals surface area contributed by atoms with Crippen LogP contribution in [-0.4, -0.2) is 117 Å². The van der Waals surface area contributed by atoms with Gasteiger partial charge in [0.25, 0.3) is 0 Å². The highest BCUT2D eigenvalue weighted by molar-refractivity contribution is 6.03. The Balaban J connectivity index is 0.874. The minimum absolute atomic E-state index is 0.125. The molecule has 250 valence electrons. The number of hydrogen-bond acceptors (Lipinski definition) is 9. The quantitative estimate of drug-likeness (QED) is 0.415. The van der Waals surface area contributed by atoms with Crippen LogP contribution in [0.5, 0.6) is 0 Å². The lowest BCUT2D eigenvalue weighted by atomic mass is 9.85. The van der Waals surface area contributed by atoms with E-state index in [0.717, 1.165) is 61.6 Å². The molecule has 2 aromatic heterocycles. The van der Waals surface area contributed by atoms with Crippen LogP contribution in [0.4, 0.5) is 5.82 Å². The van der Waals surface area contributed by atoms with Gasteiger partial charge in [-0.3, -0.25) is 29.1 Å². The fourth-order valence-corrected chi connectivity index (χ4v) is 8.05. The van der Waals surface area contributed by atoms with Crippen LogP contribution in [0, 0.1) is 5.41 Å². The van der Waals surface area contributed by atoms with Gasteiger partial charge in [-0.25, -0.2) is 9.97 Å². The average Bonchev–Trinajstić information content (AvgIpc) is 3.88. The van der Waals surface area contributed by atoms with Crippen LogP contribution in [-0.2, 0) is 27.9 Å². The zero-order valence-electron chi connectivity index (χ0n) is 28.0. The highest BCUT2D eigenvalue weighted by Crippen LogP contribution is 2.42. The van der Waals surface area contributed by atoms with Gasteiger partial charge in [-0.15, -0.1) is 0 Å². The number of fused-ring (bicyclic) bond motifs is 1. The van der Waals surface area contributed by atoms with Crippen molar-refractivity contribution < 1.29 is 14.3 Å². The Labute approximate surface area is 281 Å². The molecule has 3 aromatic rings. The molecule has 12 heteroatoms. The number of morpholine rings is 1. The first kappa shape index (κ1) is 30.9. The summed E-state index contributed by atoms with van der Waals surface area (Å²) in [6.45, 7) is 10.00. The molecule has 3 saturated heterocycles. The topological polar surface area (TPSA) is 112 Å². The van der Waals surface area contributed by atoms with Gasteiger partial charge in [0, 0.05) is 57.4 Å². The van der Waals surface area contributed by atoms with Gasteiger partial charge >= 0.3 is 0 Å². The lowest BCUT2D eigenvalue weighted by Crippen LogP contribution is -2.48. The van der Waals surface area contributed by atoms with Crippen molar-refractivity contribution in [3.8, 4) is 11.4 Å². The van der Waals surface area contributed by atoms with Gasteiger partial charge in [-0.1, -0.05) is 36.4 Å². The van der Waals surface area contributed by atoms with E-state index in [9.17, 15) is 9.59 Å². The van der Waals surface area contributed by atoms with Crippen LogP contribution in [0.1, 0.15) is 49.9 Å². The second-order valence-electron chi connectivity index (χ2n) is 14.1. The van der Waals surface area contributed by atoms with Gasteiger partial charge in [0.15, 0.2) is 11.7 Å². The number of amidine groups is 1. The summed E-state index contributed by atoms with van der Waals surface area (Å²) in [7, 11) is 1.86. The number of anilines is 1. The summed E-state index contributed by atoms with van der Waals surface area (Å²) in [5, 5.41) is 4.38. The molecule has 1 aromatic carbocycles. The first-order valence-electron chi connectivity index (χ1n) is 17.2. The molecule has 7 heterocycles. The molecule has 2 amide bonds. The fraction of sp³-hybridized carbons (Fsp3) is 0.500. The van der Waals surface area contributed by atoms with E-state index >= 15 is 0 Å². The molecular formula is C36H43N9O3. The molecule has 0 saturated carbocycles. The number of amides is 2. The highest BCUT2D eigenvalue weighted by Gasteiger charge is 2.51. The van der Waals surface area contributed by atoms with Crippen molar-refractivity contribution in [2.45, 2.75) is 51.9 Å². The molecule has 0 aliphatic carbocycles. The normalized spacial score (nSPS) is 26.0. The molecule has 3 fully saturated rings. The molecule has 0 bridgehead atoms. The number of nitrogens with zero attached hydrogens (tertiary/aromatic N) is 9. The minimum atomic E-state index is -0.459. The van der Waals surface area contributed by atoms with Crippen molar-refractivity contribution in [3.63, 3.8) is 0 Å². The van der Waals surface area contributed by atoms with E-state index in [-0.39, 0.29) is 24.0 Å². The van der Waals surface area contributed by atoms with Crippen molar-refractivity contribution >= 4 is 29.0 Å². The number of carbonyl (C=O) groups excluding carboxylic acids is 2. The van der Waals surface area contributed by atoms with Crippen molar-refractivity contribution in [1.82, 2.24) is 34.4 Å². The van der Waals surface area contributed by atoms with Crippen molar-refractivity contribution in [2.75, 3.05) is 57.3 Å². The third kappa shape index (κ3) is 5.70. The molecule has 48 heavy (non-hydrogen) atoms. The molecule has 3 atom stereocenters. The zero-order chi connectivity index (χ0) is 33.0. The number of pyridine rings is 1. The standard InChI is InChI=1S/C36H43N9O3/c1-24-19-44(20-25(2)48-24)34-32-29(18-37-34)8-9-30(39-32)45-17-13-36(35(45)47)12-16-42(22-36)21-31(46)43-14-10-27(11-15-43)26-4-6-28(7-5-26)33-38-23-41(3)40-33/h4-10,23-25H,11-22H2,1-3H3/t24-,25+,36-/m0/s1. The van der Waals surface area contributed by atoms with E-state index in [1.807, 2.05) is 22.9 Å². The second-order valence-corrected chi connectivity index (χ2v) is 14.1. The second kappa shape index (κ2) is 12.2. The molecule has 0 N–H and O–H groups in total. The number of aromatic nitrogens is 4. The van der Waals surface area contributed by atoms with Gasteiger partial charge in [-0.05, 0) is 56.9 Å². The van der Waals surface area contributed by atoms with Gasteiger partial charge in [-0.2, -0.15) is 5.10 Å². The van der Waals surface area contributed by atoms with E-state index in [1.165, 1.54) is 11.1 Å². The SMILES string of the molecule is C[C@@H]1CN(C2=NCc3ccc(N4CC[C@]5(CCN(CC(=O)N6CC=C(c7ccc(-c8ncn(C)n8)cc7)CC6)C5)C4=O)nc32)C[C@H](C)O1. The summed E-state index contributed by atoms with van der Waals surface area (Å²) in [6, 6.07) is 12.4. The molecule has 0 radical (unpaired) electrons. The van der Waals surface area contributed by atoms with Crippen molar-refractivity contribution in [3.05, 3.63) is 65.6 Å². The van der Waals surface area contributed by atoms with Crippen LogP contribution >= 0.6 is 0 Å². The lowest BCUT2D eigenvalue weighted by Gasteiger charge is -2.36. The number of likely N-dealkylation sites (tertiary alicyclic amines) is 1. The number of hydrogen-bond donors (Lipinski definition) is 0. The van der Waals surface area contributed by atoms with Crippen LogP contribution < -0.4 is 4.90 Å². The van der Waals surface area contributed by atoms with Crippen LogP contribution in [0.25, 0.3) is 17.0 Å². The number of carbonyl (C=O) groups is 2. The molecule has 12 nitrogen and oxygen atoms in total. The molecule has 0 unspecified atom stereocenters. The Hall–Kier alpha value is -4.42. The number of ether oxygens (including phenoxy) is 1. The fourth-order valence-electron chi connectivity index (χ4n) is 8.05. The van der Waals surface area contributed by atoms with Gasteiger partial charge in [0.05, 0.1) is 30.7 Å². The highest BCUT2D eigenvalue weighted by atomic mass is 16.5. The maximum atomic E-state index is 14.0. The molecule has 5 aliphatic rings. The largest absolute Gasteiger partial charge is 0.372 e. The summed E-state index contributed by atoms with van der Waals surface area (Å²) in [5.41, 5.74) is 4.93. The van der Waals surface area contributed by atoms with Crippen LogP contribution in [0.2, 0.25) is 0 Å². The Bertz CT molecular complexity index is 1790. The van der Waals surface area contributed by atoms with Crippen LogP contribution in [0.15, 0.2) is 53.8 Å².